The quantitative estimate of drug-likeness (QED) is 0.342. The number of ether oxygens (including phenoxy) is 2. The van der Waals surface area contributed by atoms with Gasteiger partial charge in [0.25, 0.3) is 0 Å². The standard InChI is InChI=1S/C27H22O3/c1-19-8-10-21(11-9-19)27(28)22-12-14-23(15-13-22)30-26-17-16-24(29-2)18-25(26)20-6-4-3-5-7-20/h3-18H,1-2H3. The Morgan fingerprint density at radius 3 is 1.93 bits per heavy atom. The second-order valence-electron chi connectivity index (χ2n) is 7.05. The van der Waals surface area contributed by atoms with E-state index in [0.717, 1.165) is 28.2 Å². The number of benzene rings is 4. The van der Waals surface area contributed by atoms with Crippen LogP contribution >= 0.6 is 0 Å². The van der Waals surface area contributed by atoms with E-state index >= 15 is 0 Å². The molecule has 0 saturated heterocycles. The Bertz CT molecular complexity index is 1150. The molecule has 0 unspecified atom stereocenters. The van der Waals surface area contributed by atoms with Crippen LogP contribution in [0.5, 0.6) is 17.2 Å². The van der Waals surface area contributed by atoms with Crippen LogP contribution in [0.4, 0.5) is 0 Å². The number of rotatable bonds is 6. The topological polar surface area (TPSA) is 35.5 Å². The Morgan fingerprint density at radius 1 is 0.700 bits per heavy atom. The molecular weight excluding hydrogens is 372 g/mol. The summed E-state index contributed by atoms with van der Waals surface area (Å²) in [5.74, 6) is 2.15. The largest absolute Gasteiger partial charge is 0.497 e. The first-order valence-electron chi connectivity index (χ1n) is 9.77. The van der Waals surface area contributed by atoms with Gasteiger partial charge in [-0.3, -0.25) is 4.79 Å². The van der Waals surface area contributed by atoms with E-state index in [1.165, 1.54) is 0 Å². The van der Waals surface area contributed by atoms with Crippen LogP contribution in [0.15, 0.2) is 97.1 Å². The number of hydrogen-bond donors (Lipinski definition) is 0. The van der Waals surface area contributed by atoms with Crippen molar-refractivity contribution in [2.45, 2.75) is 6.92 Å². The van der Waals surface area contributed by atoms with Crippen molar-refractivity contribution in [2.24, 2.45) is 0 Å². The van der Waals surface area contributed by atoms with E-state index in [4.69, 9.17) is 9.47 Å². The summed E-state index contributed by atoms with van der Waals surface area (Å²) in [4.78, 5) is 12.7. The highest BCUT2D eigenvalue weighted by Gasteiger charge is 2.12. The van der Waals surface area contributed by atoms with Gasteiger partial charge in [0, 0.05) is 16.7 Å². The zero-order chi connectivity index (χ0) is 20.9. The zero-order valence-corrected chi connectivity index (χ0v) is 17.0. The molecule has 0 spiro atoms. The average molecular weight is 394 g/mol. The van der Waals surface area contributed by atoms with Gasteiger partial charge in [0.05, 0.1) is 7.11 Å². The highest BCUT2D eigenvalue weighted by Crippen LogP contribution is 2.36. The molecule has 0 fully saturated rings. The van der Waals surface area contributed by atoms with Crippen LogP contribution in [-0.4, -0.2) is 12.9 Å². The fourth-order valence-electron chi connectivity index (χ4n) is 3.24. The van der Waals surface area contributed by atoms with Gasteiger partial charge in [-0.15, -0.1) is 0 Å². The van der Waals surface area contributed by atoms with Crippen molar-refractivity contribution in [3.05, 3.63) is 114 Å². The zero-order valence-electron chi connectivity index (χ0n) is 17.0. The van der Waals surface area contributed by atoms with Crippen molar-refractivity contribution in [3.63, 3.8) is 0 Å². The van der Waals surface area contributed by atoms with Crippen LogP contribution in [0, 0.1) is 6.92 Å². The maximum absolute atomic E-state index is 12.7. The fourth-order valence-corrected chi connectivity index (χ4v) is 3.24. The number of aryl methyl sites for hydroxylation is 1. The van der Waals surface area contributed by atoms with Crippen LogP contribution in [0.1, 0.15) is 21.5 Å². The second-order valence-corrected chi connectivity index (χ2v) is 7.05. The summed E-state index contributed by atoms with van der Waals surface area (Å²) in [6.45, 7) is 2.00. The van der Waals surface area contributed by atoms with Gasteiger partial charge in [-0.1, -0.05) is 60.2 Å². The Balaban J connectivity index is 1.59. The Kier molecular flexibility index (Phi) is 5.62. The summed E-state index contributed by atoms with van der Waals surface area (Å²) < 4.78 is 11.5. The molecule has 30 heavy (non-hydrogen) atoms. The van der Waals surface area contributed by atoms with Gasteiger partial charge in [-0.25, -0.2) is 0 Å². The predicted octanol–water partition coefficient (Wildman–Crippen LogP) is 6.69. The van der Waals surface area contributed by atoms with Crippen molar-refractivity contribution in [1.82, 2.24) is 0 Å². The molecule has 0 atom stereocenters. The number of ketones is 1. The van der Waals surface area contributed by atoms with Gasteiger partial charge < -0.3 is 9.47 Å². The molecule has 0 aromatic heterocycles. The first-order chi connectivity index (χ1) is 14.6. The van der Waals surface area contributed by atoms with Crippen molar-refractivity contribution in [2.75, 3.05) is 7.11 Å². The predicted molar refractivity (Wildman–Crippen MR) is 120 cm³/mol. The molecule has 0 saturated carbocycles. The molecule has 0 aliphatic carbocycles. The van der Waals surface area contributed by atoms with E-state index in [-0.39, 0.29) is 5.78 Å². The Hall–Kier alpha value is -3.85. The molecule has 4 aromatic carbocycles. The SMILES string of the molecule is COc1ccc(Oc2ccc(C(=O)c3ccc(C)cc3)cc2)c(-c2ccccc2)c1. The van der Waals surface area contributed by atoms with Crippen molar-refractivity contribution in [1.29, 1.82) is 0 Å². The van der Waals surface area contributed by atoms with Crippen LogP contribution in [-0.2, 0) is 0 Å². The van der Waals surface area contributed by atoms with Gasteiger partial charge in [0.15, 0.2) is 5.78 Å². The lowest BCUT2D eigenvalue weighted by atomic mass is 10.0. The molecule has 0 bridgehead atoms. The van der Waals surface area contributed by atoms with Gasteiger partial charge in [0.2, 0.25) is 0 Å². The minimum absolute atomic E-state index is 0.00373. The molecule has 0 radical (unpaired) electrons. The Morgan fingerprint density at radius 2 is 1.30 bits per heavy atom. The van der Waals surface area contributed by atoms with E-state index in [2.05, 4.69) is 0 Å². The molecule has 3 heteroatoms. The molecular formula is C27H22O3. The first-order valence-corrected chi connectivity index (χ1v) is 9.77. The van der Waals surface area contributed by atoms with Crippen LogP contribution in [0.25, 0.3) is 11.1 Å². The molecule has 0 aliphatic heterocycles. The lowest BCUT2D eigenvalue weighted by Crippen LogP contribution is -2.01. The number of methoxy groups -OCH3 is 1. The van der Waals surface area contributed by atoms with E-state index in [0.29, 0.717) is 16.9 Å². The van der Waals surface area contributed by atoms with E-state index in [9.17, 15) is 4.79 Å². The van der Waals surface area contributed by atoms with Crippen LogP contribution < -0.4 is 9.47 Å². The van der Waals surface area contributed by atoms with Gasteiger partial charge in [-0.05, 0) is 55.0 Å². The third kappa shape index (κ3) is 4.26. The molecule has 0 N–H and O–H groups in total. The third-order valence-corrected chi connectivity index (χ3v) is 4.93. The highest BCUT2D eigenvalue weighted by molar-refractivity contribution is 6.09. The molecule has 148 valence electrons. The maximum atomic E-state index is 12.7. The molecule has 0 aliphatic rings. The smallest absolute Gasteiger partial charge is 0.193 e. The average Bonchev–Trinajstić information content (AvgIpc) is 2.80. The minimum atomic E-state index is -0.00373. The fraction of sp³-hybridized carbons (Fsp3) is 0.0741. The maximum Gasteiger partial charge on any atom is 0.193 e. The van der Waals surface area contributed by atoms with Crippen LogP contribution in [0.3, 0.4) is 0 Å². The van der Waals surface area contributed by atoms with E-state index in [1.54, 1.807) is 19.2 Å². The summed E-state index contributed by atoms with van der Waals surface area (Å²) >= 11 is 0. The van der Waals surface area contributed by atoms with Crippen molar-refractivity contribution in [3.8, 4) is 28.4 Å². The minimum Gasteiger partial charge on any atom is -0.497 e. The molecule has 4 rings (SSSR count). The van der Waals surface area contributed by atoms with Gasteiger partial charge >= 0.3 is 0 Å². The highest BCUT2D eigenvalue weighted by atomic mass is 16.5. The lowest BCUT2D eigenvalue weighted by Gasteiger charge is -2.13. The molecule has 3 nitrogen and oxygen atoms in total. The Labute approximate surface area is 176 Å². The summed E-state index contributed by atoms with van der Waals surface area (Å²) in [6, 6.07) is 30.6. The number of carbonyl (C=O) groups excluding carboxylic acids is 1. The summed E-state index contributed by atoms with van der Waals surface area (Å²) in [6.07, 6.45) is 0. The van der Waals surface area contributed by atoms with Gasteiger partial charge in [0.1, 0.15) is 17.2 Å². The van der Waals surface area contributed by atoms with E-state index < -0.39 is 0 Å². The van der Waals surface area contributed by atoms with Gasteiger partial charge in [-0.2, -0.15) is 0 Å². The van der Waals surface area contributed by atoms with Crippen LogP contribution in [0.2, 0.25) is 0 Å². The lowest BCUT2D eigenvalue weighted by molar-refractivity contribution is 0.103. The number of hydrogen-bond acceptors (Lipinski definition) is 3. The van der Waals surface area contributed by atoms with Crippen molar-refractivity contribution >= 4 is 5.78 Å². The molecule has 0 heterocycles. The monoisotopic (exact) mass is 394 g/mol. The first kappa shape index (κ1) is 19.5. The normalized spacial score (nSPS) is 10.5. The molecule has 4 aromatic rings. The van der Waals surface area contributed by atoms with Crippen molar-refractivity contribution < 1.29 is 14.3 Å². The summed E-state index contributed by atoms with van der Waals surface area (Å²) in [5, 5.41) is 0. The molecule has 0 amide bonds. The summed E-state index contributed by atoms with van der Waals surface area (Å²) in [5.41, 5.74) is 4.41. The second kappa shape index (κ2) is 8.66. The number of carbonyl (C=O) groups is 1. The third-order valence-electron chi connectivity index (χ3n) is 4.93. The van der Waals surface area contributed by atoms with E-state index in [1.807, 2.05) is 91.9 Å². The summed E-state index contributed by atoms with van der Waals surface area (Å²) in [7, 11) is 1.65.